The Morgan fingerprint density at radius 3 is 2.73 bits per heavy atom. The number of rotatable bonds is 8. The molecule has 4 heterocycles. The second-order valence-corrected chi connectivity index (χ2v) is 7.59. The molecule has 3 aromatic rings. The van der Waals surface area contributed by atoms with E-state index in [4.69, 9.17) is 19.8 Å². The van der Waals surface area contributed by atoms with Crippen molar-refractivity contribution < 1.29 is 4.74 Å². The van der Waals surface area contributed by atoms with Crippen LogP contribution in [0.25, 0.3) is 11.0 Å². The molecule has 0 atom stereocenters. The van der Waals surface area contributed by atoms with Crippen molar-refractivity contribution in [1.29, 1.82) is 0 Å². The lowest BCUT2D eigenvalue weighted by Crippen LogP contribution is -2.44. The summed E-state index contributed by atoms with van der Waals surface area (Å²) in [5, 5.41) is 11.6. The van der Waals surface area contributed by atoms with E-state index in [1.54, 1.807) is 6.20 Å². The number of aryl methyl sites for hydroxylation is 1. The molecule has 9 heteroatoms. The number of anilines is 3. The fourth-order valence-corrected chi connectivity index (χ4v) is 3.56. The summed E-state index contributed by atoms with van der Waals surface area (Å²) >= 11 is 0. The van der Waals surface area contributed by atoms with Crippen LogP contribution in [0.15, 0.2) is 24.4 Å². The number of aromatic nitrogens is 5. The summed E-state index contributed by atoms with van der Waals surface area (Å²) in [6.45, 7) is 11.0. The molecular weight excluding hydrogens is 380 g/mol. The summed E-state index contributed by atoms with van der Waals surface area (Å²) in [6.07, 6.45) is 2.75. The number of ether oxygens (including phenoxy) is 1. The van der Waals surface area contributed by atoms with E-state index in [-0.39, 0.29) is 6.10 Å². The van der Waals surface area contributed by atoms with Crippen LogP contribution in [-0.2, 0) is 17.7 Å². The second kappa shape index (κ2) is 9.36. The van der Waals surface area contributed by atoms with Crippen LogP contribution in [0.5, 0.6) is 0 Å². The molecule has 160 valence electrons. The molecular formula is C21H30N8O. The van der Waals surface area contributed by atoms with E-state index < -0.39 is 0 Å². The van der Waals surface area contributed by atoms with E-state index in [1.165, 1.54) is 0 Å². The van der Waals surface area contributed by atoms with Gasteiger partial charge in [-0.2, -0.15) is 10.1 Å². The predicted molar refractivity (Wildman–Crippen MR) is 118 cm³/mol. The lowest BCUT2D eigenvalue weighted by molar-refractivity contribution is 0.0716. The zero-order valence-corrected chi connectivity index (χ0v) is 17.9. The highest BCUT2D eigenvalue weighted by Gasteiger charge is 2.22. The van der Waals surface area contributed by atoms with E-state index in [0.717, 1.165) is 66.9 Å². The summed E-state index contributed by atoms with van der Waals surface area (Å²) in [6, 6.07) is 5.79. The van der Waals surface area contributed by atoms with Gasteiger partial charge in [-0.15, -0.1) is 0 Å². The number of piperazine rings is 1. The zero-order valence-electron chi connectivity index (χ0n) is 17.9. The van der Waals surface area contributed by atoms with Crippen molar-refractivity contribution in [3.05, 3.63) is 30.1 Å². The average Bonchev–Trinajstić information content (AvgIpc) is 3.13. The van der Waals surface area contributed by atoms with Crippen molar-refractivity contribution >= 4 is 28.6 Å². The van der Waals surface area contributed by atoms with Crippen LogP contribution >= 0.6 is 0 Å². The SMILES string of the molecule is CCc1nn(CCOC(C)C)c2c(Nc3ccccn3)nc(N3CCNCC3)nc12. The van der Waals surface area contributed by atoms with Crippen LogP contribution in [0.2, 0.25) is 0 Å². The molecule has 0 unspecified atom stereocenters. The van der Waals surface area contributed by atoms with Crippen LogP contribution in [0.1, 0.15) is 26.5 Å². The fourth-order valence-electron chi connectivity index (χ4n) is 3.56. The molecule has 1 saturated heterocycles. The molecule has 1 aliphatic heterocycles. The van der Waals surface area contributed by atoms with Crippen LogP contribution in [0.4, 0.5) is 17.6 Å². The second-order valence-electron chi connectivity index (χ2n) is 7.59. The first-order valence-corrected chi connectivity index (χ1v) is 10.7. The Balaban J connectivity index is 1.78. The highest BCUT2D eigenvalue weighted by Crippen LogP contribution is 2.28. The van der Waals surface area contributed by atoms with Crippen molar-refractivity contribution in [2.45, 2.75) is 39.8 Å². The number of nitrogens with zero attached hydrogens (tertiary/aromatic N) is 6. The average molecular weight is 411 g/mol. The predicted octanol–water partition coefficient (Wildman–Crippen LogP) is 2.36. The first kappa shape index (κ1) is 20.5. The van der Waals surface area contributed by atoms with Gasteiger partial charge in [0.15, 0.2) is 5.82 Å². The van der Waals surface area contributed by atoms with Crippen LogP contribution in [0, 0.1) is 0 Å². The molecule has 0 aromatic carbocycles. The summed E-state index contributed by atoms with van der Waals surface area (Å²) in [5.74, 6) is 2.20. The van der Waals surface area contributed by atoms with Crippen molar-refractivity contribution in [1.82, 2.24) is 30.0 Å². The van der Waals surface area contributed by atoms with Gasteiger partial charge in [-0.25, -0.2) is 9.97 Å². The van der Waals surface area contributed by atoms with Crippen molar-refractivity contribution in [2.24, 2.45) is 0 Å². The van der Waals surface area contributed by atoms with E-state index in [2.05, 4.69) is 27.4 Å². The van der Waals surface area contributed by atoms with Crippen molar-refractivity contribution in [2.75, 3.05) is 43.0 Å². The summed E-state index contributed by atoms with van der Waals surface area (Å²) < 4.78 is 7.73. The van der Waals surface area contributed by atoms with Gasteiger partial charge in [0.2, 0.25) is 5.95 Å². The van der Waals surface area contributed by atoms with Gasteiger partial charge in [0.25, 0.3) is 0 Å². The topological polar surface area (TPSA) is 93.0 Å². The zero-order chi connectivity index (χ0) is 20.9. The maximum atomic E-state index is 5.77. The van der Waals surface area contributed by atoms with E-state index in [1.807, 2.05) is 36.7 Å². The van der Waals surface area contributed by atoms with E-state index in [9.17, 15) is 0 Å². The molecule has 9 nitrogen and oxygen atoms in total. The molecule has 0 spiro atoms. The Bertz CT molecular complexity index is 966. The third-order valence-corrected chi connectivity index (χ3v) is 5.05. The normalized spacial score (nSPS) is 14.6. The first-order chi connectivity index (χ1) is 14.7. The molecule has 0 bridgehead atoms. The van der Waals surface area contributed by atoms with Crippen LogP contribution in [-0.4, -0.2) is 63.6 Å². The lowest BCUT2D eigenvalue weighted by Gasteiger charge is -2.27. The highest BCUT2D eigenvalue weighted by molar-refractivity contribution is 5.90. The molecule has 3 aromatic heterocycles. The minimum absolute atomic E-state index is 0.180. The van der Waals surface area contributed by atoms with Gasteiger partial charge in [0.1, 0.15) is 16.9 Å². The molecule has 0 saturated carbocycles. The van der Waals surface area contributed by atoms with Gasteiger partial charge in [-0.05, 0) is 32.4 Å². The Hall–Kier alpha value is -2.78. The standard InChI is InChI=1S/C21H30N8O/c1-4-16-18-19(29(27-16)13-14-30-15(2)3)20(24-17-7-5-6-8-23-17)26-21(25-18)28-11-9-22-10-12-28/h5-8,15,22H,4,9-14H2,1-3H3,(H,23,24,25,26). The molecule has 0 radical (unpaired) electrons. The largest absolute Gasteiger partial charge is 0.377 e. The third-order valence-electron chi connectivity index (χ3n) is 5.05. The Labute approximate surface area is 176 Å². The molecule has 1 fully saturated rings. The van der Waals surface area contributed by atoms with Crippen LogP contribution in [0.3, 0.4) is 0 Å². The number of pyridine rings is 1. The summed E-state index contributed by atoms with van der Waals surface area (Å²) in [5.41, 5.74) is 2.75. The van der Waals surface area contributed by atoms with Crippen molar-refractivity contribution in [3.63, 3.8) is 0 Å². The fraction of sp³-hybridized carbons (Fsp3) is 0.524. The molecule has 2 N–H and O–H groups in total. The van der Waals surface area contributed by atoms with Crippen LogP contribution < -0.4 is 15.5 Å². The van der Waals surface area contributed by atoms with E-state index >= 15 is 0 Å². The van der Waals surface area contributed by atoms with Gasteiger partial charge in [-0.3, -0.25) is 4.68 Å². The quantitative estimate of drug-likeness (QED) is 0.585. The smallest absolute Gasteiger partial charge is 0.228 e. The van der Waals surface area contributed by atoms with Gasteiger partial charge in [-0.1, -0.05) is 13.0 Å². The molecule has 30 heavy (non-hydrogen) atoms. The maximum Gasteiger partial charge on any atom is 0.228 e. The number of hydrogen-bond acceptors (Lipinski definition) is 8. The van der Waals surface area contributed by atoms with E-state index in [0.29, 0.717) is 13.2 Å². The van der Waals surface area contributed by atoms with Gasteiger partial charge >= 0.3 is 0 Å². The van der Waals surface area contributed by atoms with Gasteiger partial charge in [0, 0.05) is 32.4 Å². The van der Waals surface area contributed by atoms with Gasteiger partial charge < -0.3 is 20.3 Å². The minimum atomic E-state index is 0.180. The Morgan fingerprint density at radius 2 is 2.03 bits per heavy atom. The maximum absolute atomic E-state index is 5.77. The lowest BCUT2D eigenvalue weighted by atomic mass is 10.2. The number of hydrogen-bond donors (Lipinski definition) is 2. The number of fused-ring (bicyclic) bond motifs is 1. The molecule has 4 rings (SSSR count). The molecule has 1 aliphatic rings. The number of nitrogens with one attached hydrogen (secondary N) is 2. The Kier molecular flexibility index (Phi) is 6.39. The monoisotopic (exact) mass is 410 g/mol. The minimum Gasteiger partial charge on any atom is -0.377 e. The van der Waals surface area contributed by atoms with Gasteiger partial charge in [0.05, 0.1) is 24.9 Å². The third kappa shape index (κ3) is 4.52. The molecule has 0 amide bonds. The summed E-state index contributed by atoms with van der Waals surface area (Å²) in [4.78, 5) is 16.5. The Morgan fingerprint density at radius 1 is 1.20 bits per heavy atom. The molecule has 0 aliphatic carbocycles. The summed E-state index contributed by atoms with van der Waals surface area (Å²) in [7, 11) is 0. The van der Waals surface area contributed by atoms with Crippen molar-refractivity contribution in [3.8, 4) is 0 Å². The first-order valence-electron chi connectivity index (χ1n) is 10.7. The highest BCUT2D eigenvalue weighted by atomic mass is 16.5.